The number of amides is 1. The highest BCUT2D eigenvalue weighted by Crippen LogP contribution is 2.19. The Labute approximate surface area is 93.0 Å². The number of ether oxygens (including phenoxy) is 1. The van der Waals surface area contributed by atoms with Gasteiger partial charge in [-0.25, -0.2) is 4.39 Å². The van der Waals surface area contributed by atoms with Crippen molar-refractivity contribution in [2.75, 3.05) is 11.9 Å². The molecule has 0 heterocycles. The van der Waals surface area contributed by atoms with Crippen molar-refractivity contribution in [2.24, 2.45) is 0 Å². The van der Waals surface area contributed by atoms with Crippen LogP contribution in [0.15, 0.2) is 18.2 Å². The number of phenolic OH excluding ortho intramolecular Hbond substituents is 1. The summed E-state index contributed by atoms with van der Waals surface area (Å²) >= 11 is 0. The van der Waals surface area contributed by atoms with Gasteiger partial charge in [-0.05, 0) is 26.0 Å². The lowest BCUT2D eigenvalue weighted by atomic mass is 10.2. The predicted octanol–water partition coefficient (Wildman–Crippen LogP) is 1.89. The van der Waals surface area contributed by atoms with Gasteiger partial charge in [-0.15, -0.1) is 0 Å². The van der Waals surface area contributed by atoms with Gasteiger partial charge in [0.1, 0.15) is 17.7 Å². The van der Waals surface area contributed by atoms with E-state index < -0.39 is 17.8 Å². The second-order valence-electron chi connectivity index (χ2n) is 3.25. The van der Waals surface area contributed by atoms with E-state index in [1.807, 2.05) is 0 Å². The summed E-state index contributed by atoms with van der Waals surface area (Å²) < 4.78 is 18.3. The van der Waals surface area contributed by atoms with Crippen molar-refractivity contribution in [3.8, 4) is 5.75 Å². The summed E-state index contributed by atoms with van der Waals surface area (Å²) in [6, 6.07) is 3.52. The molecule has 0 aliphatic heterocycles. The minimum Gasteiger partial charge on any atom is -0.508 e. The molecule has 1 atom stereocenters. The molecule has 0 aliphatic carbocycles. The van der Waals surface area contributed by atoms with Crippen LogP contribution in [0.5, 0.6) is 5.75 Å². The minimum absolute atomic E-state index is 0.0225. The maximum atomic E-state index is 13.2. The number of aromatic hydroxyl groups is 1. The van der Waals surface area contributed by atoms with E-state index in [-0.39, 0.29) is 11.4 Å². The van der Waals surface area contributed by atoms with Crippen LogP contribution in [0.1, 0.15) is 13.8 Å². The molecule has 5 heteroatoms. The molecule has 0 aliphatic rings. The number of carbonyl (C=O) groups excluding carboxylic acids is 1. The fourth-order valence-corrected chi connectivity index (χ4v) is 1.17. The van der Waals surface area contributed by atoms with E-state index in [2.05, 4.69) is 5.32 Å². The minimum atomic E-state index is -0.683. The van der Waals surface area contributed by atoms with Crippen LogP contribution in [0.2, 0.25) is 0 Å². The van der Waals surface area contributed by atoms with Crippen molar-refractivity contribution >= 4 is 11.6 Å². The Bertz CT molecular complexity index is 381. The number of benzene rings is 1. The van der Waals surface area contributed by atoms with Crippen LogP contribution < -0.4 is 5.32 Å². The first kappa shape index (κ1) is 12.4. The summed E-state index contributed by atoms with van der Waals surface area (Å²) in [5.41, 5.74) is 0.0225. The fraction of sp³-hybridized carbons (Fsp3) is 0.364. The van der Waals surface area contributed by atoms with Crippen molar-refractivity contribution in [1.29, 1.82) is 0 Å². The first-order valence-electron chi connectivity index (χ1n) is 4.95. The number of nitrogens with one attached hydrogen (secondary N) is 1. The SMILES string of the molecule is CCO[C@@H](C)C(=O)Nc1ccc(O)cc1F. The lowest BCUT2D eigenvalue weighted by Crippen LogP contribution is -2.28. The molecular formula is C11H14FNO3. The van der Waals surface area contributed by atoms with Gasteiger partial charge >= 0.3 is 0 Å². The van der Waals surface area contributed by atoms with Crippen LogP contribution in [-0.4, -0.2) is 23.7 Å². The Kier molecular flexibility index (Phi) is 4.25. The van der Waals surface area contributed by atoms with E-state index in [0.717, 1.165) is 6.07 Å². The Morgan fingerprint density at radius 1 is 1.62 bits per heavy atom. The van der Waals surface area contributed by atoms with Gasteiger partial charge in [0.05, 0.1) is 5.69 Å². The summed E-state index contributed by atoms with van der Waals surface area (Å²) in [5.74, 6) is -1.29. The van der Waals surface area contributed by atoms with Gasteiger partial charge in [0.2, 0.25) is 0 Å². The fourth-order valence-electron chi connectivity index (χ4n) is 1.17. The average molecular weight is 227 g/mol. The lowest BCUT2D eigenvalue weighted by molar-refractivity contribution is -0.126. The number of rotatable bonds is 4. The highest BCUT2D eigenvalue weighted by Gasteiger charge is 2.14. The molecule has 2 N–H and O–H groups in total. The highest BCUT2D eigenvalue weighted by molar-refractivity contribution is 5.94. The van der Waals surface area contributed by atoms with Gasteiger partial charge in [0, 0.05) is 12.7 Å². The average Bonchev–Trinajstić information content (AvgIpc) is 2.22. The number of hydrogen-bond donors (Lipinski definition) is 2. The maximum absolute atomic E-state index is 13.2. The van der Waals surface area contributed by atoms with E-state index in [9.17, 15) is 9.18 Å². The van der Waals surface area contributed by atoms with Crippen molar-refractivity contribution in [3.63, 3.8) is 0 Å². The quantitative estimate of drug-likeness (QED) is 0.772. The normalized spacial score (nSPS) is 12.2. The Hall–Kier alpha value is -1.62. The zero-order valence-electron chi connectivity index (χ0n) is 9.16. The van der Waals surface area contributed by atoms with Crippen LogP contribution in [0.25, 0.3) is 0 Å². The highest BCUT2D eigenvalue weighted by atomic mass is 19.1. The number of carbonyl (C=O) groups is 1. The van der Waals surface area contributed by atoms with E-state index in [1.54, 1.807) is 13.8 Å². The molecule has 4 nitrogen and oxygen atoms in total. The summed E-state index contributed by atoms with van der Waals surface area (Å²) in [6.45, 7) is 3.76. The van der Waals surface area contributed by atoms with Gasteiger partial charge in [0.15, 0.2) is 0 Å². The first-order chi connectivity index (χ1) is 7.54. The molecule has 1 aromatic rings. The van der Waals surface area contributed by atoms with Crippen molar-refractivity contribution in [1.82, 2.24) is 0 Å². The molecule has 1 rings (SSSR count). The third kappa shape index (κ3) is 3.20. The van der Waals surface area contributed by atoms with Crippen LogP contribution in [0.3, 0.4) is 0 Å². The summed E-state index contributed by atoms with van der Waals surface area (Å²) in [6.07, 6.45) is -0.641. The van der Waals surface area contributed by atoms with Crippen LogP contribution in [0.4, 0.5) is 10.1 Å². The zero-order chi connectivity index (χ0) is 12.1. The number of phenols is 1. The largest absolute Gasteiger partial charge is 0.508 e. The Morgan fingerprint density at radius 2 is 2.31 bits per heavy atom. The molecule has 0 saturated heterocycles. The van der Waals surface area contributed by atoms with E-state index in [1.165, 1.54) is 12.1 Å². The molecule has 88 valence electrons. The van der Waals surface area contributed by atoms with Gasteiger partial charge < -0.3 is 15.2 Å². The van der Waals surface area contributed by atoms with Crippen LogP contribution in [0, 0.1) is 5.82 Å². The topological polar surface area (TPSA) is 58.6 Å². The second kappa shape index (κ2) is 5.46. The Morgan fingerprint density at radius 3 is 2.88 bits per heavy atom. The molecule has 1 amide bonds. The summed E-state index contributed by atoms with van der Waals surface area (Å²) in [5, 5.41) is 11.4. The molecular weight excluding hydrogens is 213 g/mol. The predicted molar refractivity (Wildman–Crippen MR) is 57.8 cm³/mol. The monoisotopic (exact) mass is 227 g/mol. The third-order valence-electron chi connectivity index (χ3n) is 2.00. The molecule has 0 spiro atoms. The van der Waals surface area contributed by atoms with Crippen molar-refractivity contribution in [2.45, 2.75) is 20.0 Å². The molecule has 0 fully saturated rings. The van der Waals surface area contributed by atoms with Crippen LogP contribution in [-0.2, 0) is 9.53 Å². The summed E-state index contributed by atoms with van der Waals surface area (Å²) in [4.78, 5) is 11.5. The number of hydrogen-bond acceptors (Lipinski definition) is 3. The first-order valence-corrected chi connectivity index (χ1v) is 4.95. The van der Waals surface area contributed by atoms with Gasteiger partial charge in [-0.1, -0.05) is 0 Å². The van der Waals surface area contributed by atoms with Crippen LogP contribution >= 0.6 is 0 Å². The van der Waals surface area contributed by atoms with Crippen molar-refractivity contribution in [3.05, 3.63) is 24.0 Å². The molecule has 0 bridgehead atoms. The second-order valence-corrected chi connectivity index (χ2v) is 3.25. The lowest BCUT2D eigenvalue weighted by Gasteiger charge is -2.12. The zero-order valence-corrected chi connectivity index (χ0v) is 9.16. The number of anilines is 1. The number of halogens is 1. The van der Waals surface area contributed by atoms with E-state index >= 15 is 0 Å². The van der Waals surface area contributed by atoms with Gasteiger partial charge in [-0.2, -0.15) is 0 Å². The molecule has 0 saturated carbocycles. The Balaban J connectivity index is 2.69. The third-order valence-corrected chi connectivity index (χ3v) is 2.00. The molecule has 0 aromatic heterocycles. The smallest absolute Gasteiger partial charge is 0.253 e. The standard InChI is InChI=1S/C11H14FNO3/c1-3-16-7(2)11(15)13-10-5-4-8(14)6-9(10)12/h4-7,14H,3H2,1-2H3,(H,13,15)/t7-/m0/s1. The maximum Gasteiger partial charge on any atom is 0.253 e. The summed E-state index contributed by atoms with van der Waals surface area (Å²) in [7, 11) is 0. The van der Waals surface area contributed by atoms with E-state index in [4.69, 9.17) is 9.84 Å². The molecule has 0 radical (unpaired) electrons. The van der Waals surface area contributed by atoms with Crippen molar-refractivity contribution < 1.29 is 19.0 Å². The van der Waals surface area contributed by atoms with Gasteiger partial charge in [-0.3, -0.25) is 4.79 Å². The van der Waals surface area contributed by atoms with E-state index in [0.29, 0.717) is 6.61 Å². The molecule has 0 unspecified atom stereocenters. The molecule has 16 heavy (non-hydrogen) atoms. The molecule has 1 aromatic carbocycles. The van der Waals surface area contributed by atoms with Gasteiger partial charge in [0.25, 0.3) is 5.91 Å².